The predicted octanol–water partition coefficient (Wildman–Crippen LogP) is 2.91. The Labute approximate surface area is 139 Å². The van der Waals surface area contributed by atoms with Crippen molar-refractivity contribution in [1.29, 1.82) is 0 Å². The Morgan fingerprint density at radius 1 is 1.08 bits per heavy atom. The summed E-state index contributed by atoms with van der Waals surface area (Å²) in [5.41, 5.74) is 1.35. The van der Waals surface area contributed by atoms with E-state index in [4.69, 9.17) is 19.0 Å². The van der Waals surface area contributed by atoms with E-state index in [0.717, 1.165) is 5.56 Å². The van der Waals surface area contributed by atoms with Crippen molar-refractivity contribution in [3.63, 3.8) is 0 Å². The van der Waals surface area contributed by atoms with Crippen molar-refractivity contribution in [2.24, 2.45) is 0 Å². The number of carbonyl (C=O) groups is 1. The highest BCUT2D eigenvalue weighted by molar-refractivity contribution is 5.93. The van der Waals surface area contributed by atoms with Crippen molar-refractivity contribution >= 4 is 5.91 Å². The van der Waals surface area contributed by atoms with Crippen molar-refractivity contribution in [2.75, 3.05) is 13.3 Å². The molecule has 0 saturated carbocycles. The highest BCUT2D eigenvalue weighted by Gasteiger charge is 2.32. The molecule has 6 heteroatoms. The van der Waals surface area contributed by atoms with E-state index in [9.17, 15) is 4.79 Å². The molecular formula is C18H17NO5. The van der Waals surface area contributed by atoms with Gasteiger partial charge in [-0.3, -0.25) is 4.79 Å². The molecule has 24 heavy (non-hydrogen) atoms. The van der Waals surface area contributed by atoms with Crippen LogP contribution in [0.15, 0.2) is 48.5 Å². The molecule has 2 atom stereocenters. The van der Waals surface area contributed by atoms with Crippen LogP contribution in [-0.4, -0.2) is 30.4 Å². The zero-order chi connectivity index (χ0) is 16.5. The molecule has 4 rings (SSSR count). The molecule has 0 aromatic heterocycles. The molecule has 6 nitrogen and oxygen atoms in total. The van der Waals surface area contributed by atoms with Crippen LogP contribution < -0.4 is 9.47 Å². The largest absolute Gasteiger partial charge is 0.454 e. The molecule has 1 fully saturated rings. The summed E-state index contributed by atoms with van der Waals surface area (Å²) in [4.78, 5) is 18.4. The molecule has 0 radical (unpaired) electrons. The van der Waals surface area contributed by atoms with Crippen LogP contribution in [0.2, 0.25) is 0 Å². The number of carbonyl (C=O) groups excluding carboxylic acids is 1. The Kier molecular flexibility index (Phi) is 3.84. The minimum absolute atomic E-state index is 0.151. The van der Waals surface area contributed by atoms with E-state index in [-0.39, 0.29) is 18.8 Å². The average Bonchev–Trinajstić information content (AvgIpc) is 3.09. The van der Waals surface area contributed by atoms with Crippen LogP contribution in [0.4, 0.5) is 0 Å². The van der Waals surface area contributed by atoms with Crippen LogP contribution in [0.1, 0.15) is 29.1 Å². The van der Waals surface area contributed by atoms with E-state index in [1.165, 1.54) is 5.06 Å². The summed E-state index contributed by atoms with van der Waals surface area (Å²) in [6.07, 6.45) is -0.822. The zero-order valence-electron chi connectivity index (χ0n) is 13.2. The van der Waals surface area contributed by atoms with Crippen molar-refractivity contribution < 1.29 is 23.8 Å². The lowest BCUT2D eigenvalue weighted by molar-refractivity contribution is -0.320. The predicted molar refractivity (Wildman–Crippen MR) is 84.4 cm³/mol. The summed E-state index contributed by atoms with van der Waals surface area (Å²) in [6.45, 7) is 2.49. The quantitative estimate of drug-likeness (QED) is 0.849. The fourth-order valence-corrected chi connectivity index (χ4v) is 2.73. The van der Waals surface area contributed by atoms with Crippen molar-refractivity contribution in [3.8, 4) is 11.5 Å². The fraction of sp³-hybridized carbons (Fsp3) is 0.278. The Bertz CT molecular complexity index is 748. The standard InChI is InChI=1S/C18H17NO5/c1-12-10-19(17(20)13-5-3-2-4-6-13)24-18(23-12)14-7-8-15-16(9-14)22-11-21-15/h2-9,12,18H,10-11H2,1H3/t12-,18+/m0/s1. The maximum Gasteiger partial charge on any atom is 0.277 e. The van der Waals surface area contributed by atoms with Gasteiger partial charge in [-0.05, 0) is 37.3 Å². The van der Waals surface area contributed by atoms with Crippen LogP contribution in [0.3, 0.4) is 0 Å². The van der Waals surface area contributed by atoms with Gasteiger partial charge in [-0.1, -0.05) is 18.2 Å². The third-order valence-corrected chi connectivity index (χ3v) is 3.92. The minimum Gasteiger partial charge on any atom is -0.454 e. The van der Waals surface area contributed by atoms with Gasteiger partial charge in [-0.25, -0.2) is 9.90 Å². The Balaban J connectivity index is 1.56. The molecule has 2 aliphatic heterocycles. The molecule has 124 valence electrons. The second-order valence-electron chi connectivity index (χ2n) is 5.73. The average molecular weight is 327 g/mol. The smallest absolute Gasteiger partial charge is 0.277 e. The number of fused-ring (bicyclic) bond motifs is 1. The number of hydrogen-bond acceptors (Lipinski definition) is 5. The Morgan fingerprint density at radius 3 is 2.71 bits per heavy atom. The molecule has 0 unspecified atom stereocenters. The molecule has 2 aromatic carbocycles. The van der Waals surface area contributed by atoms with E-state index >= 15 is 0 Å². The van der Waals surface area contributed by atoms with E-state index in [1.807, 2.05) is 43.3 Å². The number of nitrogens with zero attached hydrogens (tertiary/aromatic N) is 1. The monoisotopic (exact) mass is 327 g/mol. The van der Waals surface area contributed by atoms with Gasteiger partial charge in [-0.2, -0.15) is 0 Å². The van der Waals surface area contributed by atoms with Gasteiger partial charge in [0.2, 0.25) is 13.1 Å². The molecule has 1 saturated heterocycles. The molecule has 0 aliphatic carbocycles. The second-order valence-corrected chi connectivity index (χ2v) is 5.73. The first kappa shape index (κ1) is 15.0. The number of benzene rings is 2. The summed E-state index contributed by atoms with van der Waals surface area (Å²) in [6, 6.07) is 14.5. The summed E-state index contributed by atoms with van der Waals surface area (Å²) in [5.74, 6) is 1.16. The van der Waals surface area contributed by atoms with E-state index < -0.39 is 6.29 Å². The van der Waals surface area contributed by atoms with Crippen LogP contribution in [0.25, 0.3) is 0 Å². The highest BCUT2D eigenvalue weighted by Crippen LogP contribution is 2.36. The topological polar surface area (TPSA) is 57.2 Å². The van der Waals surface area contributed by atoms with Crippen LogP contribution in [0, 0.1) is 0 Å². The summed E-state index contributed by atoms with van der Waals surface area (Å²) >= 11 is 0. The van der Waals surface area contributed by atoms with E-state index in [1.54, 1.807) is 12.1 Å². The highest BCUT2D eigenvalue weighted by atomic mass is 16.8. The number of hydroxylamine groups is 2. The minimum atomic E-state index is -0.670. The van der Waals surface area contributed by atoms with Gasteiger partial charge in [-0.15, -0.1) is 0 Å². The zero-order valence-corrected chi connectivity index (χ0v) is 13.2. The summed E-state index contributed by atoms with van der Waals surface area (Å²) < 4.78 is 16.5. The van der Waals surface area contributed by atoms with Crippen LogP contribution >= 0.6 is 0 Å². The van der Waals surface area contributed by atoms with Gasteiger partial charge in [0.25, 0.3) is 5.91 Å². The molecule has 2 heterocycles. The van der Waals surface area contributed by atoms with E-state index in [2.05, 4.69) is 0 Å². The van der Waals surface area contributed by atoms with Gasteiger partial charge in [0.1, 0.15) is 0 Å². The summed E-state index contributed by atoms with van der Waals surface area (Å²) in [5, 5.41) is 1.36. The molecule has 2 aromatic rings. The maximum absolute atomic E-state index is 12.6. The maximum atomic E-state index is 12.6. The number of hydrogen-bond donors (Lipinski definition) is 0. The Hall–Kier alpha value is -2.57. The fourth-order valence-electron chi connectivity index (χ4n) is 2.73. The molecule has 2 aliphatic rings. The summed E-state index contributed by atoms with van der Waals surface area (Å²) in [7, 11) is 0. The van der Waals surface area contributed by atoms with E-state index in [0.29, 0.717) is 23.6 Å². The van der Waals surface area contributed by atoms with Gasteiger partial charge in [0.15, 0.2) is 11.5 Å². The lowest BCUT2D eigenvalue weighted by atomic mass is 10.2. The molecule has 0 bridgehead atoms. The van der Waals surface area contributed by atoms with Gasteiger partial charge in [0, 0.05) is 11.1 Å². The first-order valence-electron chi connectivity index (χ1n) is 7.79. The molecule has 1 amide bonds. The first-order valence-corrected chi connectivity index (χ1v) is 7.79. The van der Waals surface area contributed by atoms with Crippen LogP contribution in [-0.2, 0) is 9.57 Å². The molecule has 0 N–H and O–H groups in total. The van der Waals surface area contributed by atoms with Gasteiger partial charge in [0.05, 0.1) is 12.6 Å². The lowest BCUT2D eigenvalue weighted by Gasteiger charge is -2.36. The van der Waals surface area contributed by atoms with Crippen molar-refractivity contribution in [2.45, 2.75) is 19.3 Å². The number of amides is 1. The lowest BCUT2D eigenvalue weighted by Crippen LogP contribution is -2.44. The van der Waals surface area contributed by atoms with Crippen molar-refractivity contribution in [3.05, 3.63) is 59.7 Å². The number of rotatable bonds is 2. The first-order chi connectivity index (χ1) is 11.7. The molecular weight excluding hydrogens is 310 g/mol. The van der Waals surface area contributed by atoms with Crippen LogP contribution in [0.5, 0.6) is 11.5 Å². The third kappa shape index (κ3) is 2.81. The third-order valence-electron chi connectivity index (χ3n) is 3.92. The van der Waals surface area contributed by atoms with Gasteiger partial charge < -0.3 is 14.2 Å². The molecule has 0 spiro atoms. The van der Waals surface area contributed by atoms with Crippen molar-refractivity contribution in [1.82, 2.24) is 5.06 Å². The number of ether oxygens (including phenoxy) is 3. The SMILES string of the molecule is C[C@H]1CN(C(=O)c2ccccc2)O[C@H](c2ccc3c(c2)OCO3)O1. The van der Waals surface area contributed by atoms with Gasteiger partial charge >= 0.3 is 0 Å². The second kappa shape index (κ2) is 6.14. The Morgan fingerprint density at radius 2 is 1.88 bits per heavy atom. The normalized spacial score (nSPS) is 22.5.